The molecule has 0 aliphatic heterocycles. The highest BCUT2D eigenvalue weighted by molar-refractivity contribution is 6.01. The first-order valence-corrected chi connectivity index (χ1v) is 8.61. The van der Waals surface area contributed by atoms with Gasteiger partial charge in [-0.15, -0.1) is 0 Å². The van der Waals surface area contributed by atoms with Crippen molar-refractivity contribution in [2.75, 3.05) is 17.3 Å². The number of alkyl halides is 5. The molecule has 2 amide bonds. The van der Waals surface area contributed by atoms with Crippen molar-refractivity contribution in [1.82, 2.24) is 20.2 Å². The van der Waals surface area contributed by atoms with Gasteiger partial charge in [0.25, 0.3) is 6.43 Å². The van der Waals surface area contributed by atoms with Gasteiger partial charge in [0.1, 0.15) is 0 Å². The second-order valence-corrected chi connectivity index (χ2v) is 6.15. The van der Waals surface area contributed by atoms with Crippen molar-refractivity contribution in [3.63, 3.8) is 0 Å². The summed E-state index contributed by atoms with van der Waals surface area (Å²) in [6.45, 7) is -0.362. The number of H-pyrrole nitrogens is 1. The lowest BCUT2D eigenvalue weighted by molar-refractivity contribution is -0.141. The van der Waals surface area contributed by atoms with Gasteiger partial charge in [0.2, 0.25) is 0 Å². The molecule has 13 heteroatoms. The summed E-state index contributed by atoms with van der Waals surface area (Å²) in [7, 11) is 1.33. The Balaban J connectivity index is 1.88. The smallest absolute Gasteiger partial charge is 0.435 e. The molecule has 0 bridgehead atoms. The first-order valence-electron chi connectivity index (χ1n) is 8.61. The summed E-state index contributed by atoms with van der Waals surface area (Å²) >= 11 is 0. The third kappa shape index (κ3) is 5.43. The van der Waals surface area contributed by atoms with Crippen LogP contribution in [0.4, 0.5) is 38.1 Å². The maximum atomic E-state index is 12.9. The number of carbonyl (C=O) groups is 1. The third-order valence-electron chi connectivity index (χ3n) is 3.99. The molecular weight excluding hydrogens is 427 g/mol. The van der Waals surface area contributed by atoms with E-state index in [9.17, 15) is 26.7 Å². The van der Waals surface area contributed by atoms with Crippen LogP contribution in [0.25, 0.3) is 0 Å². The van der Waals surface area contributed by atoms with Crippen molar-refractivity contribution in [3.8, 4) is 6.01 Å². The molecule has 2 N–H and O–H groups in total. The van der Waals surface area contributed by atoms with Crippen LogP contribution in [0.3, 0.4) is 0 Å². The van der Waals surface area contributed by atoms with Crippen LogP contribution in [-0.4, -0.2) is 33.3 Å². The van der Waals surface area contributed by atoms with Crippen molar-refractivity contribution in [3.05, 3.63) is 59.7 Å². The summed E-state index contributed by atoms with van der Waals surface area (Å²) in [6.07, 6.45) is -4.96. The highest BCUT2D eigenvalue weighted by Gasteiger charge is 2.34. The molecule has 0 saturated carbocycles. The lowest BCUT2D eigenvalue weighted by Gasteiger charge is -2.22. The van der Waals surface area contributed by atoms with Gasteiger partial charge in [0.05, 0.1) is 37.4 Å². The number of aromatic nitrogens is 4. The average Bonchev–Trinajstić information content (AvgIpc) is 3.21. The van der Waals surface area contributed by atoms with Crippen LogP contribution in [0.2, 0.25) is 0 Å². The predicted molar refractivity (Wildman–Crippen MR) is 98.8 cm³/mol. The van der Waals surface area contributed by atoms with Gasteiger partial charge in [-0.2, -0.15) is 18.3 Å². The largest absolute Gasteiger partial charge is 0.467 e. The minimum absolute atomic E-state index is 0.00893. The maximum absolute atomic E-state index is 12.9. The summed E-state index contributed by atoms with van der Waals surface area (Å²) in [5.41, 5.74) is -1.30. The molecule has 3 aromatic rings. The second-order valence-electron chi connectivity index (χ2n) is 6.15. The maximum Gasteiger partial charge on any atom is 0.435 e. The van der Waals surface area contributed by atoms with Gasteiger partial charge in [0, 0.05) is 11.3 Å². The zero-order chi connectivity index (χ0) is 22.6. The van der Waals surface area contributed by atoms with E-state index in [1.54, 1.807) is 0 Å². The number of carbonyl (C=O) groups excluding carboxylic acids is 1. The Morgan fingerprint density at radius 3 is 2.52 bits per heavy atom. The zero-order valence-corrected chi connectivity index (χ0v) is 15.8. The Kier molecular flexibility index (Phi) is 6.32. The number of hydrogen-bond acceptors (Lipinski definition) is 5. The molecule has 0 aliphatic carbocycles. The molecule has 0 atom stereocenters. The Bertz CT molecular complexity index is 1040. The fourth-order valence-corrected chi connectivity index (χ4v) is 2.54. The molecule has 0 unspecified atom stereocenters. The Morgan fingerprint density at radius 2 is 1.94 bits per heavy atom. The second kappa shape index (κ2) is 8.93. The van der Waals surface area contributed by atoms with Crippen molar-refractivity contribution >= 4 is 17.4 Å². The van der Waals surface area contributed by atoms with E-state index in [1.807, 2.05) is 0 Å². The van der Waals surface area contributed by atoms with Gasteiger partial charge in [0.15, 0.2) is 5.69 Å². The fourth-order valence-electron chi connectivity index (χ4n) is 2.54. The molecule has 31 heavy (non-hydrogen) atoms. The number of nitrogens with one attached hydrogen (secondary N) is 2. The predicted octanol–water partition coefficient (Wildman–Crippen LogP) is 4.40. The van der Waals surface area contributed by atoms with Crippen LogP contribution in [0.1, 0.15) is 23.4 Å². The molecule has 3 rings (SSSR count). The topological polar surface area (TPSA) is 96.0 Å². The van der Waals surface area contributed by atoms with Crippen LogP contribution < -0.4 is 15.0 Å². The van der Waals surface area contributed by atoms with Crippen LogP contribution >= 0.6 is 0 Å². The molecule has 8 nitrogen and oxygen atoms in total. The van der Waals surface area contributed by atoms with Crippen LogP contribution in [0.15, 0.2) is 42.7 Å². The third-order valence-corrected chi connectivity index (χ3v) is 3.99. The molecule has 0 radical (unpaired) electrons. The van der Waals surface area contributed by atoms with Gasteiger partial charge in [-0.3, -0.25) is 10.00 Å². The number of amides is 2. The minimum Gasteiger partial charge on any atom is -0.467 e. The number of halogens is 5. The molecule has 0 spiro atoms. The van der Waals surface area contributed by atoms with Crippen LogP contribution in [0.5, 0.6) is 6.01 Å². The Hall–Kier alpha value is -3.77. The average molecular weight is 442 g/mol. The Morgan fingerprint density at radius 1 is 1.23 bits per heavy atom. The summed E-state index contributed by atoms with van der Waals surface area (Å²) in [5, 5.41) is 7.85. The summed E-state index contributed by atoms with van der Waals surface area (Å²) < 4.78 is 69.1. The number of anilines is 2. The van der Waals surface area contributed by atoms with E-state index >= 15 is 0 Å². The first-order chi connectivity index (χ1) is 14.7. The summed E-state index contributed by atoms with van der Waals surface area (Å²) in [6, 6.07) is 4.95. The number of hydrogen-bond donors (Lipinski definition) is 2. The fraction of sp³-hybridized carbons (Fsp3) is 0.222. The number of urea groups is 1. The van der Waals surface area contributed by atoms with Gasteiger partial charge < -0.3 is 10.1 Å². The van der Waals surface area contributed by atoms with Gasteiger partial charge in [-0.25, -0.2) is 23.5 Å². The van der Waals surface area contributed by atoms with E-state index in [0.717, 1.165) is 17.0 Å². The van der Waals surface area contributed by atoms with E-state index in [4.69, 9.17) is 4.74 Å². The number of benzene rings is 1. The van der Waals surface area contributed by atoms with Crippen LogP contribution in [0, 0.1) is 0 Å². The molecule has 2 aromatic heterocycles. The number of methoxy groups -OCH3 is 1. The van der Waals surface area contributed by atoms with E-state index in [-0.39, 0.29) is 35.2 Å². The van der Waals surface area contributed by atoms with Gasteiger partial charge in [-0.05, 0) is 18.2 Å². The normalized spacial score (nSPS) is 11.5. The lowest BCUT2D eigenvalue weighted by atomic mass is 10.2. The van der Waals surface area contributed by atoms with Crippen molar-refractivity contribution in [1.29, 1.82) is 0 Å². The zero-order valence-electron chi connectivity index (χ0n) is 15.8. The van der Waals surface area contributed by atoms with Gasteiger partial charge >= 0.3 is 18.2 Å². The van der Waals surface area contributed by atoms with Crippen molar-refractivity contribution in [2.24, 2.45) is 0 Å². The quantitative estimate of drug-likeness (QED) is 0.552. The first kappa shape index (κ1) is 21.9. The number of aromatic amines is 1. The number of ether oxygens (including phenoxy) is 1. The number of nitrogens with zero attached hydrogens (tertiary/aromatic N) is 4. The molecule has 2 heterocycles. The lowest BCUT2D eigenvalue weighted by Crippen LogP contribution is -2.35. The molecule has 0 fully saturated rings. The Labute approximate surface area is 172 Å². The molecule has 1 aromatic carbocycles. The molecule has 0 aliphatic rings. The highest BCUT2D eigenvalue weighted by atomic mass is 19.4. The SMILES string of the molecule is COc1ncc(N(Cc2cc(C(F)(F)F)n[nH]2)C(=O)Nc2cccc(C(F)F)c2)cn1. The van der Waals surface area contributed by atoms with Crippen molar-refractivity contribution < 1.29 is 31.5 Å². The monoisotopic (exact) mass is 442 g/mol. The van der Waals surface area contributed by atoms with E-state index < -0.39 is 24.3 Å². The van der Waals surface area contributed by atoms with Crippen LogP contribution in [-0.2, 0) is 12.7 Å². The van der Waals surface area contributed by atoms with Crippen molar-refractivity contribution in [2.45, 2.75) is 19.1 Å². The standard InChI is InChI=1S/C18H15F5N6O2/c1-31-16-24-7-13(8-25-16)29(9-12-6-14(28-27-12)18(21,22)23)17(30)26-11-4-2-3-10(5-11)15(19)20/h2-8,15H,9H2,1H3,(H,26,30)(H,27,28). The minimum atomic E-state index is -4.67. The van der Waals surface area contributed by atoms with E-state index in [0.29, 0.717) is 0 Å². The van der Waals surface area contributed by atoms with E-state index in [2.05, 4.69) is 25.5 Å². The summed E-state index contributed by atoms with van der Waals surface area (Å²) in [5.74, 6) is 0. The van der Waals surface area contributed by atoms with Gasteiger partial charge in [-0.1, -0.05) is 12.1 Å². The summed E-state index contributed by atoms with van der Waals surface area (Å²) in [4.78, 5) is 21.6. The highest BCUT2D eigenvalue weighted by Crippen LogP contribution is 2.28. The molecule has 164 valence electrons. The van der Waals surface area contributed by atoms with E-state index in [1.165, 1.54) is 37.7 Å². The molecular formula is C18H15F5N6O2. The molecule has 0 saturated heterocycles. The number of rotatable bonds is 6.